The number of thiazole rings is 1. The van der Waals surface area contributed by atoms with Crippen LogP contribution in [0.3, 0.4) is 0 Å². The molecule has 1 atom stereocenters. The van der Waals surface area contributed by atoms with E-state index in [4.69, 9.17) is 9.47 Å². The number of esters is 1. The molecule has 3 aromatic carbocycles. The molecule has 1 unspecified atom stereocenters. The van der Waals surface area contributed by atoms with Crippen LogP contribution in [0.2, 0.25) is 0 Å². The Bertz CT molecular complexity index is 1750. The molecular formula is C30H29N3O4S. The first-order valence-electron chi connectivity index (χ1n) is 12.4. The monoisotopic (exact) mass is 527 g/mol. The number of fused-ring (bicyclic) bond motifs is 2. The summed E-state index contributed by atoms with van der Waals surface area (Å²) < 4.78 is 13.2. The number of aromatic nitrogens is 1. The number of benzene rings is 3. The van der Waals surface area contributed by atoms with Gasteiger partial charge in [-0.1, -0.05) is 53.8 Å². The number of carbonyl (C=O) groups is 1. The van der Waals surface area contributed by atoms with Gasteiger partial charge in [-0.05, 0) is 54.5 Å². The van der Waals surface area contributed by atoms with E-state index in [1.165, 1.54) is 11.3 Å². The zero-order valence-corrected chi connectivity index (χ0v) is 22.8. The molecule has 0 saturated carbocycles. The van der Waals surface area contributed by atoms with Crippen LogP contribution in [0.1, 0.15) is 31.0 Å². The van der Waals surface area contributed by atoms with Crippen LogP contribution in [0.25, 0.3) is 16.8 Å². The molecule has 194 valence electrons. The number of allylic oxidation sites excluding steroid dienone is 1. The van der Waals surface area contributed by atoms with Crippen molar-refractivity contribution in [3.05, 3.63) is 103 Å². The fraction of sp³-hybridized carbons (Fsp3) is 0.233. The normalized spacial score (nSPS) is 15.3. The molecule has 0 aliphatic carbocycles. The summed E-state index contributed by atoms with van der Waals surface area (Å²) in [5.41, 5.74) is 3.33. The molecule has 0 amide bonds. The lowest BCUT2D eigenvalue weighted by atomic mass is 9.95. The van der Waals surface area contributed by atoms with Gasteiger partial charge in [-0.2, -0.15) is 0 Å². The highest BCUT2D eigenvalue weighted by atomic mass is 32.1. The van der Waals surface area contributed by atoms with Gasteiger partial charge in [0.2, 0.25) is 0 Å². The van der Waals surface area contributed by atoms with E-state index in [0.29, 0.717) is 26.4 Å². The van der Waals surface area contributed by atoms with Gasteiger partial charge in [-0.15, -0.1) is 0 Å². The average Bonchev–Trinajstić information content (AvgIpc) is 3.22. The summed E-state index contributed by atoms with van der Waals surface area (Å²) >= 11 is 1.30. The molecule has 5 rings (SSSR count). The van der Waals surface area contributed by atoms with Crippen molar-refractivity contribution < 1.29 is 14.3 Å². The second-order valence-electron chi connectivity index (χ2n) is 9.19. The summed E-state index contributed by atoms with van der Waals surface area (Å²) in [4.78, 5) is 34.4. The lowest BCUT2D eigenvalue weighted by molar-refractivity contribution is -0.139. The number of anilines is 1. The molecule has 2 heterocycles. The molecule has 1 aliphatic heterocycles. The smallest absolute Gasteiger partial charge is 0.338 e. The first-order chi connectivity index (χ1) is 18.3. The van der Waals surface area contributed by atoms with Gasteiger partial charge in [0.15, 0.2) is 4.80 Å². The maximum Gasteiger partial charge on any atom is 0.338 e. The summed E-state index contributed by atoms with van der Waals surface area (Å²) in [5.74, 6) is 0.203. The number of methoxy groups -OCH3 is 1. The fourth-order valence-corrected chi connectivity index (χ4v) is 5.82. The molecule has 8 heteroatoms. The first-order valence-corrected chi connectivity index (χ1v) is 13.2. The Hall–Kier alpha value is -4.17. The van der Waals surface area contributed by atoms with Crippen LogP contribution in [-0.2, 0) is 9.53 Å². The van der Waals surface area contributed by atoms with E-state index in [0.717, 1.165) is 27.6 Å². The van der Waals surface area contributed by atoms with Crippen molar-refractivity contribution in [2.45, 2.75) is 19.9 Å². The SMILES string of the molecule is CCOC(=O)C1=C(C)N=c2sc(=Cc3c(OC)ccc4ccccc34)c(=O)n2C1c1ccc(N(C)C)cc1. The second-order valence-corrected chi connectivity index (χ2v) is 10.2. The van der Waals surface area contributed by atoms with Gasteiger partial charge < -0.3 is 14.4 Å². The third-order valence-electron chi connectivity index (χ3n) is 6.67. The van der Waals surface area contributed by atoms with Crippen molar-refractivity contribution in [3.8, 4) is 5.75 Å². The number of ether oxygens (including phenoxy) is 2. The van der Waals surface area contributed by atoms with Crippen LogP contribution in [0.15, 0.2) is 81.7 Å². The number of hydrogen-bond acceptors (Lipinski definition) is 7. The minimum absolute atomic E-state index is 0.222. The van der Waals surface area contributed by atoms with Gasteiger partial charge in [0.1, 0.15) is 5.75 Å². The minimum atomic E-state index is -0.655. The van der Waals surface area contributed by atoms with E-state index in [9.17, 15) is 9.59 Å². The highest BCUT2D eigenvalue weighted by Gasteiger charge is 2.33. The third-order valence-corrected chi connectivity index (χ3v) is 7.65. The Morgan fingerprint density at radius 1 is 1.11 bits per heavy atom. The Kier molecular flexibility index (Phi) is 6.91. The first kappa shape index (κ1) is 25.5. The zero-order chi connectivity index (χ0) is 27.0. The molecule has 4 aromatic rings. The van der Waals surface area contributed by atoms with Crippen molar-refractivity contribution in [1.82, 2.24) is 4.57 Å². The molecule has 0 saturated heterocycles. The average molecular weight is 528 g/mol. The molecule has 38 heavy (non-hydrogen) atoms. The van der Waals surface area contributed by atoms with Crippen LogP contribution >= 0.6 is 11.3 Å². The van der Waals surface area contributed by atoms with Crippen LogP contribution in [0.4, 0.5) is 5.69 Å². The van der Waals surface area contributed by atoms with Gasteiger partial charge in [0.25, 0.3) is 5.56 Å². The lowest BCUT2D eigenvalue weighted by Gasteiger charge is -2.25. The summed E-state index contributed by atoms with van der Waals surface area (Å²) in [5, 5.41) is 2.03. The van der Waals surface area contributed by atoms with Crippen molar-refractivity contribution in [2.75, 3.05) is 32.7 Å². The predicted octanol–water partition coefficient (Wildman–Crippen LogP) is 4.03. The van der Waals surface area contributed by atoms with Gasteiger partial charge in [0, 0.05) is 25.3 Å². The molecule has 0 N–H and O–H groups in total. The van der Waals surface area contributed by atoms with Crippen LogP contribution in [-0.4, -0.2) is 38.3 Å². The largest absolute Gasteiger partial charge is 0.496 e. The lowest BCUT2D eigenvalue weighted by Crippen LogP contribution is -2.40. The molecule has 1 aromatic heterocycles. The van der Waals surface area contributed by atoms with Crippen molar-refractivity contribution in [3.63, 3.8) is 0 Å². The van der Waals surface area contributed by atoms with Crippen LogP contribution in [0, 0.1) is 0 Å². The number of nitrogens with zero attached hydrogens (tertiary/aromatic N) is 3. The van der Waals surface area contributed by atoms with E-state index >= 15 is 0 Å². The van der Waals surface area contributed by atoms with Gasteiger partial charge >= 0.3 is 5.97 Å². The number of hydrogen-bond donors (Lipinski definition) is 0. The highest BCUT2D eigenvalue weighted by Crippen LogP contribution is 2.32. The van der Waals surface area contributed by atoms with Crippen molar-refractivity contribution >= 4 is 39.8 Å². The summed E-state index contributed by atoms with van der Waals surface area (Å²) in [6.45, 7) is 3.78. The molecule has 0 fully saturated rings. The highest BCUT2D eigenvalue weighted by molar-refractivity contribution is 7.07. The molecule has 0 spiro atoms. The summed E-state index contributed by atoms with van der Waals surface area (Å²) in [6, 6.07) is 19.1. The second kappa shape index (κ2) is 10.3. The molecule has 0 bridgehead atoms. The topological polar surface area (TPSA) is 73.1 Å². The van der Waals surface area contributed by atoms with Crippen LogP contribution < -0.4 is 24.5 Å². The van der Waals surface area contributed by atoms with Gasteiger partial charge in [-0.3, -0.25) is 9.36 Å². The van der Waals surface area contributed by atoms with E-state index < -0.39 is 12.0 Å². The Labute approximate surface area is 224 Å². The standard InChI is InChI=1S/C30H29N3O4S/c1-6-37-29(35)26-18(2)31-30-33(27(26)20-11-14-21(15-12-20)32(3)4)28(34)25(38-30)17-23-22-10-8-7-9-19(22)13-16-24(23)36-5/h7-17,27H,6H2,1-5H3. The molecule has 0 radical (unpaired) electrons. The number of carbonyl (C=O) groups excluding carboxylic acids is 1. The van der Waals surface area contributed by atoms with E-state index in [1.807, 2.05) is 85.7 Å². The molecule has 7 nitrogen and oxygen atoms in total. The summed E-state index contributed by atoms with van der Waals surface area (Å²) in [7, 11) is 5.55. The Balaban J connectivity index is 1.76. The Morgan fingerprint density at radius 2 is 1.84 bits per heavy atom. The molecule has 1 aliphatic rings. The maximum atomic E-state index is 14.0. The Morgan fingerprint density at radius 3 is 2.53 bits per heavy atom. The van der Waals surface area contributed by atoms with E-state index in [2.05, 4.69) is 4.99 Å². The zero-order valence-electron chi connectivity index (χ0n) is 22.0. The maximum absolute atomic E-state index is 14.0. The van der Waals surface area contributed by atoms with Crippen LogP contribution in [0.5, 0.6) is 5.75 Å². The van der Waals surface area contributed by atoms with E-state index in [-0.39, 0.29) is 12.2 Å². The quantitative estimate of drug-likeness (QED) is 0.354. The van der Waals surface area contributed by atoms with Gasteiger partial charge in [0.05, 0.1) is 35.6 Å². The minimum Gasteiger partial charge on any atom is -0.496 e. The van der Waals surface area contributed by atoms with Crippen molar-refractivity contribution in [1.29, 1.82) is 0 Å². The molecular weight excluding hydrogens is 498 g/mol. The number of rotatable bonds is 6. The van der Waals surface area contributed by atoms with Crippen molar-refractivity contribution in [2.24, 2.45) is 4.99 Å². The van der Waals surface area contributed by atoms with E-state index in [1.54, 1.807) is 25.5 Å². The predicted molar refractivity (Wildman–Crippen MR) is 152 cm³/mol. The van der Waals surface area contributed by atoms with Gasteiger partial charge in [-0.25, -0.2) is 9.79 Å². The summed E-state index contributed by atoms with van der Waals surface area (Å²) in [6.07, 6.45) is 1.86. The fourth-order valence-electron chi connectivity index (χ4n) is 4.80. The third kappa shape index (κ3) is 4.41.